The van der Waals surface area contributed by atoms with Crippen LogP contribution in [0.25, 0.3) is 10.9 Å². The van der Waals surface area contributed by atoms with Crippen molar-refractivity contribution < 1.29 is 9.53 Å². The molecule has 104 valence electrons. The average molecular weight is 342 g/mol. The minimum atomic E-state index is -0.0364. The highest BCUT2D eigenvalue weighted by Crippen LogP contribution is 2.32. The van der Waals surface area contributed by atoms with Crippen LogP contribution in [0.15, 0.2) is 59.2 Å². The van der Waals surface area contributed by atoms with Gasteiger partial charge in [0, 0.05) is 16.1 Å². The van der Waals surface area contributed by atoms with Crippen LogP contribution in [0.4, 0.5) is 0 Å². The number of fused-ring (bicyclic) bond motifs is 1. The molecule has 0 spiro atoms. The van der Waals surface area contributed by atoms with Gasteiger partial charge in [0.05, 0.1) is 5.56 Å². The molecule has 0 bridgehead atoms. The van der Waals surface area contributed by atoms with Crippen LogP contribution in [0.2, 0.25) is 0 Å². The van der Waals surface area contributed by atoms with Gasteiger partial charge in [0.2, 0.25) is 0 Å². The molecule has 0 aliphatic carbocycles. The Morgan fingerprint density at radius 2 is 1.90 bits per heavy atom. The fourth-order valence-electron chi connectivity index (χ4n) is 2.15. The Bertz CT molecular complexity index is 825. The van der Waals surface area contributed by atoms with Crippen LogP contribution in [0.1, 0.15) is 17.3 Å². The molecule has 1 aromatic heterocycles. The molecular formula is C17H12BrNO2. The molecule has 0 N–H and O–H groups in total. The van der Waals surface area contributed by atoms with E-state index < -0.39 is 0 Å². The normalized spacial score (nSPS) is 10.6. The molecule has 0 aliphatic heterocycles. The summed E-state index contributed by atoms with van der Waals surface area (Å²) in [7, 11) is 0. The van der Waals surface area contributed by atoms with E-state index in [1.54, 1.807) is 18.3 Å². The second kappa shape index (κ2) is 5.66. The van der Waals surface area contributed by atoms with E-state index >= 15 is 0 Å². The van der Waals surface area contributed by atoms with Gasteiger partial charge in [-0.15, -0.1) is 0 Å². The van der Waals surface area contributed by atoms with Gasteiger partial charge in [-0.1, -0.05) is 34.1 Å². The van der Waals surface area contributed by atoms with Crippen molar-refractivity contribution in [2.45, 2.75) is 6.92 Å². The molecule has 3 aromatic rings. The minimum absolute atomic E-state index is 0.0364. The Balaban J connectivity index is 2.11. The molecule has 0 saturated carbocycles. The Morgan fingerprint density at radius 1 is 1.10 bits per heavy atom. The van der Waals surface area contributed by atoms with E-state index in [0.29, 0.717) is 17.1 Å². The largest absolute Gasteiger partial charge is 0.454 e. The van der Waals surface area contributed by atoms with Crippen molar-refractivity contribution in [2.75, 3.05) is 0 Å². The van der Waals surface area contributed by atoms with Crippen molar-refractivity contribution in [3.63, 3.8) is 0 Å². The summed E-state index contributed by atoms with van der Waals surface area (Å²) in [5.41, 5.74) is 1.32. The smallest absolute Gasteiger partial charge is 0.163 e. The van der Waals surface area contributed by atoms with Crippen molar-refractivity contribution in [3.8, 4) is 11.5 Å². The number of Topliss-reactive ketones (excluding diaryl/α,β-unsaturated/α-hetero) is 1. The van der Waals surface area contributed by atoms with Crippen LogP contribution in [-0.2, 0) is 0 Å². The lowest BCUT2D eigenvalue weighted by molar-refractivity contribution is 0.101. The highest BCUT2D eigenvalue weighted by Gasteiger charge is 2.12. The minimum Gasteiger partial charge on any atom is -0.454 e. The number of aromatic nitrogens is 1. The van der Waals surface area contributed by atoms with E-state index in [9.17, 15) is 4.79 Å². The first-order valence-electron chi connectivity index (χ1n) is 6.47. The standard InChI is InChI=1S/C17H12BrNO2/c1-11(20)14-8-7-13(18)10-16(14)21-15-6-2-4-12-5-3-9-19-17(12)15/h2-10H,1H3. The third-order valence-corrected chi connectivity index (χ3v) is 3.63. The van der Waals surface area contributed by atoms with Crippen molar-refractivity contribution >= 4 is 32.6 Å². The summed E-state index contributed by atoms with van der Waals surface area (Å²) in [6.45, 7) is 1.53. The first-order valence-corrected chi connectivity index (χ1v) is 7.26. The monoisotopic (exact) mass is 341 g/mol. The first-order chi connectivity index (χ1) is 10.1. The highest BCUT2D eigenvalue weighted by molar-refractivity contribution is 9.10. The van der Waals surface area contributed by atoms with Gasteiger partial charge in [0.1, 0.15) is 11.3 Å². The van der Waals surface area contributed by atoms with Crippen LogP contribution >= 0.6 is 15.9 Å². The average Bonchev–Trinajstić information content (AvgIpc) is 2.47. The lowest BCUT2D eigenvalue weighted by Crippen LogP contribution is -1.97. The zero-order valence-corrected chi connectivity index (χ0v) is 12.9. The van der Waals surface area contributed by atoms with Gasteiger partial charge >= 0.3 is 0 Å². The van der Waals surface area contributed by atoms with E-state index in [1.807, 2.05) is 36.4 Å². The third kappa shape index (κ3) is 2.81. The van der Waals surface area contributed by atoms with E-state index in [2.05, 4.69) is 20.9 Å². The summed E-state index contributed by atoms with van der Waals surface area (Å²) >= 11 is 3.40. The molecule has 4 heteroatoms. The summed E-state index contributed by atoms with van der Waals surface area (Å²) in [4.78, 5) is 16.1. The second-order valence-electron chi connectivity index (χ2n) is 4.63. The van der Waals surface area contributed by atoms with Crippen molar-refractivity contribution in [1.82, 2.24) is 4.98 Å². The predicted molar refractivity (Wildman–Crippen MR) is 86.0 cm³/mol. The number of carbonyl (C=O) groups excluding carboxylic acids is 1. The number of halogens is 1. The zero-order valence-electron chi connectivity index (χ0n) is 11.3. The maximum Gasteiger partial charge on any atom is 0.163 e. The van der Waals surface area contributed by atoms with E-state index in [4.69, 9.17) is 4.74 Å². The number of para-hydroxylation sites is 1. The summed E-state index contributed by atoms with van der Waals surface area (Å²) in [5.74, 6) is 1.12. The molecule has 0 amide bonds. The molecule has 0 unspecified atom stereocenters. The van der Waals surface area contributed by atoms with Gasteiger partial charge in [-0.3, -0.25) is 9.78 Å². The lowest BCUT2D eigenvalue weighted by Gasteiger charge is -2.11. The topological polar surface area (TPSA) is 39.2 Å². The van der Waals surface area contributed by atoms with Crippen molar-refractivity contribution in [2.24, 2.45) is 0 Å². The Hall–Kier alpha value is -2.20. The summed E-state index contributed by atoms with van der Waals surface area (Å²) < 4.78 is 6.81. The van der Waals surface area contributed by atoms with Gasteiger partial charge < -0.3 is 4.74 Å². The number of benzene rings is 2. The molecule has 0 saturated heterocycles. The lowest BCUT2D eigenvalue weighted by atomic mass is 10.1. The Kier molecular flexibility index (Phi) is 3.71. The number of rotatable bonds is 3. The zero-order chi connectivity index (χ0) is 14.8. The molecule has 2 aromatic carbocycles. The SMILES string of the molecule is CC(=O)c1ccc(Br)cc1Oc1cccc2cccnc12. The molecule has 3 rings (SSSR count). The summed E-state index contributed by atoms with van der Waals surface area (Å²) in [5, 5.41) is 0.995. The molecule has 0 aliphatic rings. The van der Waals surface area contributed by atoms with Crippen molar-refractivity contribution in [1.29, 1.82) is 0 Å². The van der Waals surface area contributed by atoms with Gasteiger partial charge in [-0.25, -0.2) is 0 Å². The Labute approximate surface area is 130 Å². The van der Waals surface area contributed by atoms with Gasteiger partial charge in [0.15, 0.2) is 11.5 Å². The van der Waals surface area contributed by atoms with E-state index in [1.165, 1.54) is 6.92 Å². The molecule has 1 heterocycles. The quantitative estimate of drug-likeness (QED) is 0.630. The van der Waals surface area contributed by atoms with Crippen LogP contribution in [0, 0.1) is 0 Å². The van der Waals surface area contributed by atoms with E-state index in [-0.39, 0.29) is 5.78 Å². The van der Waals surface area contributed by atoms with Gasteiger partial charge in [0.25, 0.3) is 0 Å². The number of ketones is 1. The number of carbonyl (C=O) groups is 1. The number of hydrogen-bond donors (Lipinski definition) is 0. The highest BCUT2D eigenvalue weighted by atomic mass is 79.9. The molecule has 3 nitrogen and oxygen atoms in total. The fraction of sp³-hybridized carbons (Fsp3) is 0.0588. The van der Waals surface area contributed by atoms with Crippen LogP contribution in [-0.4, -0.2) is 10.8 Å². The Morgan fingerprint density at radius 3 is 2.71 bits per heavy atom. The molecular weight excluding hydrogens is 330 g/mol. The third-order valence-electron chi connectivity index (χ3n) is 3.14. The van der Waals surface area contributed by atoms with Crippen LogP contribution in [0.3, 0.4) is 0 Å². The number of hydrogen-bond acceptors (Lipinski definition) is 3. The maximum atomic E-state index is 11.7. The predicted octanol–water partition coefficient (Wildman–Crippen LogP) is 4.99. The van der Waals surface area contributed by atoms with Crippen LogP contribution < -0.4 is 4.74 Å². The number of nitrogens with zero attached hydrogens (tertiary/aromatic N) is 1. The van der Waals surface area contributed by atoms with Gasteiger partial charge in [-0.05, 0) is 37.3 Å². The summed E-state index contributed by atoms with van der Waals surface area (Å²) in [6.07, 6.45) is 1.72. The molecule has 0 fully saturated rings. The van der Waals surface area contributed by atoms with Gasteiger partial charge in [-0.2, -0.15) is 0 Å². The fourth-order valence-corrected chi connectivity index (χ4v) is 2.49. The van der Waals surface area contributed by atoms with Crippen LogP contribution in [0.5, 0.6) is 11.5 Å². The number of ether oxygens (including phenoxy) is 1. The molecule has 0 atom stereocenters. The molecule has 21 heavy (non-hydrogen) atoms. The van der Waals surface area contributed by atoms with E-state index in [0.717, 1.165) is 15.4 Å². The second-order valence-corrected chi connectivity index (χ2v) is 5.55. The summed E-state index contributed by atoms with van der Waals surface area (Å²) in [6, 6.07) is 14.9. The molecule has 0 radical (unpaired) electrons. The van der Waals surface area contributed by atoms with Crippen molar-refractivity contribution in [3.05, 3.63) is 64.8 Å². The maximum absolute atomic E-state index is 11.7. The number of pyridine rings is 1. The first kappa shape index (κ1) is 13.8.